The number of alkyl halides is 1. The molecule has 0 saturated heterocycles. The van der Waals surface area contributed by atoms with Crippen LogP contribution in [0.3, 0.4) is 0 Å². The number of benzene rings is 1. The number of nitrogens with zero attached hydrogens (tertiary/aromatic N) is 1. The average Bonchev–Trinajstić information content (AvgIpc) is 2.41. The minimum Gasteiger partial charge on any atom is -0.507 e. The number of aromatic hydroxyl groups is 1. The summed E-state index contributed by atoms with van der Waals surface area (Å²) in [5.74, 6) is 0.294. The summed E-state index contributed by atoms with van der Waals surface area (Å²) >= 11 is 7.52. The van der Waals surface area contributed by atoms with E-state index in [1.165, 1.54) is 11.8 Å². The lowest BCUT2D eigenvalue weighted by Gasteiger charge is -2.15. The molecule has 0 saturated carbocycles. The van der Waals surface area contributed by atoms with Crippen molar-refractivity contribution < 1.29 is 5.11 Å². The summed E-state index contributed by atoms with van der Waals surface area (Å²) in [5, 5.41) is 12.7. The smallest absolute Gasteiger partial charge is 0.177 e. The van der Waals surface area contributed by atoms with E-state index in [1.807, 2.05) is 24.3 Å². The maximum absolute atomic E-state index is 9.62. The van der Waals surface area contributed by atoms with Crippen molar-refractivity contribution in [3.63, 3.8) is 0 Å². The Balaban J connectivity index is 2.49. The maximum atomic E-state index is 9.62. The monoisotopic (exact) mass is 230 g/mol. The first kappa shape index (κ1) is 9.80. The molecule has 2 N–H and O–H groups in total. The first-order chi connectivity index (χ1) is 6.63. The molecule has 76 valence electrons. The van der Waals surface area contributed by atoms with Crippen molar-refractivity contribution in [1.82, 2.24) is 0 Å². The van der Waals surface area contributed by atoms with E-state index in [2.05, 4.69) is 5.32 Å². The highest BCUT2D eigenvalue weighted by molar-refractivity contribution is 7.98. The second-order valence-corrected chi connectivity index (χ2v) is 4.39. The minimum absolute atomic E-state index is 0.235. The molecule has 1 aromatic rings. The van der Waals surface area contributed by atoms with Crippen molar-refractivity contribution in [2.75, 3.05) is 23.5 Å². The first-order valence-electron chi connectivity index (χ1n) is 4.18. The van der Waals surface area contributed by atoms with Gasteiger partial charge in [-0.05, 0) is 12.3 Å². The summed E-state index contributed by atoms with van der Waals surface area (Å²) in [6.07, 6.45) is 1.93. The Morgan fingerprint density at radius 3 is 2.93 bits per heavy atom. The van der Waals surface area contributed by atoms with Crippen molar-refractivity contribution in [1.29, 1.82) is 0 Å². The fourth-order valence-corrected chi connectivity index (χ4v) is 2.20. The molecule has 1 unspecified atom stereocenters. The van der Waals surface area contributed by atoms with Gasteiger partial charge in [0.05, 0.1) is 16.3 Å². The minimum atomic E-state index is -0.235. The largest absolute Gasteiger partial charge is 0.507 e. The van der Waals surface area contributed by atoms with E-state index >= 15 is 0 Å². The first-order valence-corrected chi connectivity index (χ1v) is 5.84. The number of hydrogen-bond acceptors (Lipinski definition) is 4. The molecule has 0 aromatic heterocycles. The number of nitrogens with one attached hydrogen (secondary N) is 1. The third-order valence-corrected chi connectivity index (χ3v) is 3.46. The fraction of sp³-hybridized carbons (Fsp3) is 0.333. The van der Waals surface area contributed by atoms with E-state index < -0.39 is 0 Å². The van der Waals surface area contributed by atoms with Gasteiger partial charge in [0, 0.05) is 13.1 Å². The molecular weight excluding hydrogens is 220 g/mol. The third-order valence-electron chi connectivity index (χ3n) is 2.29. The standard InChI is InChI=1S/C9H11ClN2OS/c1-12-6-4-8(14-2)7(13)3-5(6)11-9(12)10/h3-4,9,11,13H,1-2H3. The second kappa shape index (κ2) is 3.44. The predicted molar refractivity (Wildman–Crippen MR) is 61.6 cm³/mol. The number of anilines is 2. The summed E-state index contributed by atoms with van der Waals surface area (Å²) in [4.78, 5) is 2.79. The number of phenolic OH excluding ortho intramolecular Hbond substituents is 1. The topological polar surface area (TPSA) is 35.5 Å². The van der Waals surface area contributed by atoms with Crippen molar-refractivity contribution in [2.24, 2.45) is 0 Å². The number of fused-ring (bicyclic) bond motifs is 1. The second-order valence-electron chi connectivity index (χ2n) is 3.13. The van der Waals surface area contributed by atoms with Crippen LogP contribution in [-0.2, 0) is 0 Å². The van der Waals surface area contributed by atoms with Crippen molar-refractivity contribution in [3.05, 3.63) is 12.1 Å². The highest BCUT2D eigenvalue weighted by Crippen LogP contribution is 2.41. The predicted octanol–water partition coefficient (Wildman–Crippen LogP) is 2.50. The lowest BCUT2D eigenvalue weighted by Crippen LogP contribution is -2.25. The van der Waals surface area contributed by atoms with E-state index in [-0.39, 0.29) is 5.62 Å². The lowest BCUT2D eigenvalue weighted by molar-refractivity contribution is 0.463. The molecule has 1 heterocycles. The summed E-state index contributed by atoms with van der Waals surface area (Å²) in [6.45, 7) is 0. The molecule has 0 amide bonds. The van der Waals surface area contributed by atoms with Gasteiger partial charge in [-0.25, -0.2) is 0 Å². The highest BCUT2D eigenvalue weighted by Gasteiger charge is 2.24. The van der Waals surface area contributed by atoms with Crippen LogP contribution < -0.4 is 10.2 Å². The summed E-state index contributed by atoms with van der Waals surface area (Å²) < 4.78 is 0. The van der Waals surface area contributed by atoms with Gasteiger partial charge in [0.25, 0.3) is 0 Å². The van der Waals surface area contributed by atoms with Crippen LogP contribution in [0, 0.1) is 0 Å². The van der Waals surface area contributed by atoms with Gasteiger partial charge in [0.15, 0.2) is 5.62 Å². The average molecular weight is 231 g/mol. The molecule has 0 bridgehead atoms. The van der Waals surface area contributed by atoms with Gasteiger partial charge in [-0.3, -0.25) is 0 Å². The van der Waals surface area contributed by atoms with Gasteiger partial charge in [-0.15, -0.1) is 11.8 Å². The zero-order chi connectivity index (χ0) is 10.3. The zero-order valence-corrected chi connectivity index (χ0v) is 9.49. The normalized spacial score (nSPS) is 19.4. The van der Waals surface area contributed by atoms with Gasteiger partial charge in [-0.2, -0.15) is 0 Å². The number of halogens is 1. The van der Waals surface area contributed by atoms with Crippen LogP contribution in [0.25, 0.3) is 0 Å². The molecular formula is C9H11ClN2OS. The third kappa shape index (κ3) is 1.38. The lowest BCUT2D eigenvalue weighted by atomic mass is 10.2. The van der Waals surface area contributed by atoms with E-state index in [4.69, 9.17) is 11.6 Å². The summed E-state index contributed by atoms with van der Waals surface area (Å²) in [5.41, 5.74) is 1.66. The van der Waals surface area contributed by atoms with Gasteiger partial charge in [-0.1, -0.05) is 11.6 Å². The van der Waals surface area contributed by atoms with E-state index in [0.29, 0.717) is 5.75 Å². The van der Waals surface area contributed by atoms with Crippen LogP contribution in [0.4, 0.5) is 11.4 Å². The Hall–Kier alpha value is -0.740. The van der Waals surface area contributed by atoms with Crippen LogP contribution in [-0.4, -0.2) is 24.0 Å². The molecule has 0 aliphatic carbocycles. The van der Waals surface area contributed by atoms with Crippen LogP contribution >= 0.6 is 23.4 Å². The maximum Gasteiger partial charge on any atom is 0.177 e. The molecule has 1 aliphatic heterocycles. The van der Waals surface area contributed by atoms with Gasteiger partial charge in [0.2, 0.25) is 0 Å². The Kier molecular flexibility index (Phi) is 2.41. The molecule has 14 heavy (non-hydrogen) atoms. The number of hydrogen-bond donors (Lipinski definition) is 2. The van der Waals surface area contributed by atoms with Crippen LogP contribution in [0.5, 0.6) is 5.75 Å². The SMILES string of the molecule is CSc1cc2c(cc1O)NC(Cl)N2C. The summed E-state index contributed by atoms with van der Waals surface area (Å²) in [7, 11) is 1.91. The Bertz CT molecular complexity index is 372. The molecule has 3 nitrogen and oxygen atoms in total. The Morgan fingerprint density at radius 2 is 2.29 bits per heavy atom. The molecule has 1 aliphatic rings. The van der Waals surface area contributed by atoms with Crippen LogP contribution in [0.1, 0.15) is 0 Å². The number of rotatable bonds is 1. The molecule has 1 atom stereocenters. The quantitative estimate of drug-likeness (QED) is 0.442. The molecule has 0 radical (unpaired) electrons. The highest BCUT2D eigenvalue weighted by atomic mass is 35.5. The molecule has 0 spiro atoms. The van der Waals surface area contributed by atoms with Crippen LogP contribution in [0.2, 0.25) is 0 Å². The zero-order valence-electron chi connectivity index (χ0n) is 7.91. The fourth-order valence-electron chi connectivity index (χ4n) is 1.48. The summed E-state index contributed by atoms with van der Waals surface area (Å²) in [6, 6.07) is 3.64. The van der Waals surface area contributed by atoms with E-state index in [1.54, 1.807) is 6.07 Å². The molecule has 5 heteroatoms. The van der Waals surface area contributed by atoms with Crippen molar-refractivity contribution in [2.45, 2.75) is 10.5 Å². The van der Waals surface area contributed by atoms with Gasteiger partial charge < -0.3 is 15.3 Å². The van der Waals surface area contributed by atoms with Crippen LogP contribution in [0.15, 0.2) is 17.0 Å². The van der Waals surface area contributed by atoms with Gasteiger partial charge >= 0.3 is 0 Å². The van der Waals surface area contributed by atoms with Crippen molar-refractivity contribution in [3.8, 4) is 5.75 Å². The molecule has 2 rings (SSSR count). The van der Waals surface area contributed by atoms with Crippen molar-refractivity contribution >= 4 is 34.7 Å². The molecule has 0 fully saturated rings. The Morgan fingerprint density at radius 1 is 1.57 bits per heavy atom. The van der Waals surface area contributed by atoms with E-state index in [9.17, 15) is 5.11 Å². The molecule has 1 aromatic carbocycles. The van der Waals surface area contributed by atoms with E-state index in [0.717, 1.165) is 16.3 Å². The Labute approximate surface area is 92.1 Å². The van der Waals surface area contributed by atoms with Gasteiger partial charge in [0.1, 0.15) is 5.75 Å². The number of phenols is 1. The number of thioether (sulfide) groups is 1.